The maximum absolute atomic E-state index is 14.8. The van der Waals surface area contributed by atoms with Gasteiger partial charge in [0, 0.05) is 23.4 Å². The summed E-state index contributed by atoms with van der Waals surface area (Å²) in [6.07, 6.45) is 4.49. The number of allylic oxidation sites excluding steroid dienone is 1. The van der Waals surface area contributed by atoms with Crippen LogP contribution >= 0.6 is 11.6 Å². The van der Waals surface area contributed by atoms with Crippen LogP contribution in [0.4, 0.5) is 10.1 Å². The summed E-state index contributed by atoms with van der Waals surface area (Å²) in [6.45, 7) is 9.24. The third-order valence-corrected chi connectivity index (χ3v) is 5.36. The molecule has 0 fully saturated rings. The summed E-state index contributed by atoms with van der Waals surface area (Å²) in [6, 6.07) is 10.0. The van der Waals surface area contributed by atoms with Gasteiger partial charge in [-0.15, -0.1) is 0 Å². The van der Waals surface area contributed by atoms with Crippen LogP contribution in [0.5, 0.6) is 0 Å². The number of benzene rings is 2. The van der Waals surface area contributed by atoms with Gasteiger partial charge in [-0.1, -0.05) is 36.7 Å². The molecule has 1 amide bonds. The zero-order chi connectivity index (χ0) is 21.2. The molecule has 0 aliphatic carbocycles. The number of carbonyl (C=O) groups is 1. The Bertz CT molecular complexity index is 998. The number of anilines is 1. The second-order valence-electron chi connectivity index (χ2n) is 7.70. The first-order valence-corrected chi connectivity index (χ1v) is 10.0. The summed E-state index contributed by atoms with van der Waals surface area (Å²) in [7, 11) is 0. The molecule has 1 aliphatic rings. The number of nitrogens with one attached hydrogen (secondary N) is 1. The molecule has 0 radical (unpaired) electrons. The van der Waals surface area contributed by atoms with E-state index >= 15 is 0 Å². The van der Waals surface area contributed by atoms with Crippen molar-refractivity contribution in [2.75, 3.05) is 11.4 Å². The molecule has 3 rings (SSSR count). The fourth-order valence-electron chi connectivity index (χ4n) is 3.71. The number of nitrogens with zero attached hydrogens (tertiary/aromatic N) is 2. The molecule has 1 N–H and O–H groups in total. The van der Waals surface area contributed by atoms with E-state index in [-0.39, 0.29) is 11.4 Å². The van der Waals surface area contributed by atoms with Gasteiger partial charge in [-0.3, -0.25) is 4.79 Å². The van der Waals surface area contributed by atoms with E-state index in [1.165, 1.54) is 6.21 Å². The van der Waals surface area contributed by atoms with Crippen molar-refractivity contribution in [1.82, 2.24) is 5.43 Å². The Kier molecular flexibility index (Phi) is 6.08. The van der Waals surface area contributed by atoms with Gasteiger partial charge in [0.2, 0.25) is 0 Å². The lowest BCUT2D eigenvalue weighted by atomic mass is 9.88. The second-order valence-corrected chi connectivity index (χ2v) is 8.11. The first kappa shape index (κ1) is 21.1. The van der Waals surface area contributed by atoms with Gasteiger partial charge in [0.15, 0.2) is 0 Å². The first-order chi connectivity index (χ1) is 13.7. The number of amides is 1. The van der Waals surface area contributed by atoms with E-state index in [1.54, 1.807) is 36.4 Å². The molecule has 1 aliphatic heterocycles. The second kappa shape index (κ2) is 8.37. The van der Waals surface area contributed by atoms with Crippen molar-refractivity contribution in [2.24, 2.45) is 5.10 Å². The SMILES string of the molecule is CCCN1c2cc(F)c(/C=N\NC(=O)c3ccccc3Cl)cc2C(C)=CC1(C)C. The molecule has 6 heteroatoms. The van der Waals surface area contributed by atoms with Gasteiger partial charge in [-0.05, 0) is 57.0 Å². The monoisotopic (exact) mass is 413 g/mol. The van der Waals surface area contributed by atoms with E-state index in [4.69, 9.17) is 11.6 Å². The van der Waals surface area contributed by atoms with Gasteiger partial charge in [0.25, 0.3) is 5.91 Å². The molecule has 152 valence electrons. The largest absolute Gasteiger partial charge is 0.362 e. The Morgan fingerprint density at radius 2 is 2.03 bits per heavy atom. The third-order valence-electron chi connectivity index (χ3n) is 5.03. The average molecular weight is 414 g/mol. The van der Waals surface area contributed by atoms with Crippen LogP contribution in [0.1, 0.15) is 55.6 Å². The molecule has 0 spiro atoms. The van der Waals surface area contributed by atoms with Crippen molar-refractivity contribution >= 4 is 35.0 Å². The van der Waals surface area contributed by atoms with Crippen molar-refractivity contribution in [3.63, 3.8) is 0 Å². The smallest absolute Gasteiger partial charge is 0.272 e. The minimum atomic E-state index is -0.447. The van der Waals surface area contributed by atoms with E-state index < -0.39 is 5.91 Å². The molecule has 1 heterocycles. The van der Waals surface area contributed by atoms with Gasteiger partial charge in [-0.25, -0.2) is 9.82 Å². The lowest BCUT2D eigenvalue weighted by Crippen LogP contribution is -2.45. The highest BCUT2D eigenvalue weighted by Gasteiger charge is 2.31. The standard InChI is InChI=1S/C23H25ClFN3O/c1-5-10-28-21-12-20(25)16(11-18(21)15(2)13-23(28,3)4)14-26-27-22(29)17-8-6-7-9-19(17)24/h6-9,11-14H,5,10H2,1-4H3,(H,27,29)/b26-14-. The first-order valence-electron chi connectivity index (χ1n) is 9.63. The molecule has 0 bridgehead atoms. The Morgan fingerprint density at radius 1 is 1.31 bits per heavy atom. The topological polar surface area (TPSA) is 44.7 Å². The lowest BCUT2D eigenvalue weighted by molar-refractivity contribution is 0.0955. The van der Waals surface area contributed by atoms with Crippen LogP contribution < -0.4 is 10.3 Å². The lowest BCUT2D eigenvalue weighted by Gasteiger charge is -2.43. The highest BCUT2D eigenvalue weighted by atomic mass is 35.5. The molecule has 2 aromatic rings. The molecule has 0 aromatic heterocycles. The summed E-state index contributed by atoms with van der Waals surface area (Å²) >= 11 is 6.01. The van der Waals surface area contributed by atoms with Crippen molar-refractivity contribution in [3.8, 4) is 0 Å². The van der Waals surface area contributed by atoms with Gasteiger partial charge >= 0.3 is 0 Å². The normalized spacial score (nSPS) is 15.2. The van der Waals surface area contributed by atoms with Crippen molar-refractivity contribution < 1.29 is 9.18 Å². The van der Waals surface area contributed by atoms with E-state index in [0.717, 1.165) is 29.8 Å². The fourth-order valence-corrected chi connectivity index (χ4v) is 3.93. The van der Waals surface area contributed by atoms with Crippen LogP contribution in [0.2, 0.25) is 5.02 Å². The number of hydrazone groups is 1. The van der Waals surface area contributed by atoms with Crippen LogP contribution in [-0.4, -0.2) is 24.2 Å². The van der Waals surface area contributed by atoms with E-state index in [0.29, 0.717) is 16.1 Å². The third kappa shape index (κ3) is 4.35. The Morgan fingerprint density at radius 3 is 2.72 bits per heavy atom. The summed E-state index contributed by atoms with van der Waals surface area (Å²) in [5, 5.41) is 4.25. The summed E-state index contributed by atoms with van der Waals surface area (Å²) in [5.74, 6) is -0.830. The van der Waals surface area contributed by atoms with Crippen LogP contribution in [0.3, 0.4) is 0 Å². The molecule has 0 unspecified atom stereocenters. The number of halogens is 2. The maximum Gasteiger partial charge on any atom is 0.272 e. The molecule has 2 aromatic carbocycles. The van der Waals surface area contributed by atoms with Gasteiger partial charge in [-0.2, -0.15) is 5.10 Å². The molecule has 0 atom stereocenters. The summed E-state index contributed by atoms with van der Waals surface area (Å²) < 4.78 is 14.8. The van der Waals surface area contributed by atoms with Crippen LogP contribution in [-0.2, 0) is 0 Å². The predicted octanol–water partition coefficient (Wildman–Crippen LogP) is 5.65. The van der Waals surface area contributed by atoms with Crippen LogP contribution in [0, 0.1) is 5.82 Å². The fraction of sp³-hybridized carbons (Fsp3) is 0.304. The summed E-state index contributed by atoms with van der Waals surface area (Å²) in [5.41, 5.74) is 5.79. The molecule has 0 saturated carbocycles. The highest BCUT2D eigenvalue weighted by Crippen LogP contribution is 2.39. The van der Waals surface area contributed by atoms with Crippen molar-refractivity contribution in [1.29, 1.82) is 0 Å². The molecular formula is C23H25ClFN3O. The Labute approximate surface area is 176 Å². The number of hydrogen-bond acceptors (Lipinski definition) is 3. The van der Waals surface area contributed by atoms with Gasteiger partial charge in [0.05, 0.1) is 22.3 Å². The quantitative estimate of drug-likeness (QED) is 0.508. The van der Waals surface area contributed by atoms with Crippen LogP contribution in [0.15, 0.2) is 47.6 Å². The minimum absolute atomic E-state index is 0.182. The minimum Gasteiger partial charge on any atom is -0.362 e. The Balaban J connectivity index is 1.87. The van der Waals surface area contributed by atoms with Gasteiger partial charge < -0.3 is 4.90 Å². The zero-order valence-electron chi connectivity index (χ0n) is 17.1. The van der Waals surface area contributed by atoms with Crippen molar-refractivity contribution in [2.45, 2.75) is 39.7 Å². The molecule has 4 nitrogen and oxygen atoms in total. The maximum atomic E-state index is 14.8. The van der Waals surface area contributed by atoms with E-state index in [9.17, 15) is 9.18 Å². The number of carbonyl (C=O) groups excluding carboxylic acids is 1. The number of fused-ring (bicyclic) bond motifs is 1. The van der Waals surface area contributed by atoms with Gasteiger partial charge in [0.1, 0.15) is 5.82 Å². The molecular weight excluding hydrogens is 389 g/mol. The number of hydrogen-bond donors (Lipinski definition) is 1. The molecule has 0 saturated heterocycles. The highest BCUT2D eigenvalue weighted by molar-refractivity contribution is 6.33. The average Bonchev–Trinajstić information content (AvgIpc) is 2.66. The van der Waals surface area contributed by atoms with Crippen LogP contribution in [0.25, 0.3) is 5.57 Å². The zero-order valence-corrected chi connectivity index (χ0v) is 17.8. The van der Waals surface area contributed by atoms with Crippen molar-refractivity contribution in [3.05, 3.63) is 70.0 Å². The number of rotatable bonds is 5. The van der Waals surface area contributed by atoms with E-state index in [1.807, 2.05) is 6.92 Å². The predicted molar refractivity (Wildman–Crippen MR) is 118 cm³/mol. The molecule has 29 heavy (non-hydrogen) atoms. The Hall–Kier alpha value is -2.66. The summed E-state index contributed by atoms with van der Waals surface area (Å²) in [4.78, 5) is 14.4. The van der Waals surface area contributed by atoms with E-state index in [2.05, 4.69) is 42.3 Å².